The molecule has 0 bridgehead atoms. The minimum Gasteiger partial charge on any atom is -0.508 e. The van der Waals surface area contributed by atoms with Crippen molar-refractivity contribution in [3.8, 4) is 11.5 Å². The van der Waals surface area contributed by atoms with Gasteiger partial charge in [0.25, 0.3) is 0 Å². The second kappa shape index (κ2) is 7.66. The number of hydrogen-bond acceptors (Lipinski definition) is 4. The van der Waals surface area contributed by atoms with Gasteiger partial charge in [-0.25, -0.2) is 4.39 Å². The van der Waals surface area contributed by atoms with E-state index in [-0.39, 0.29) is 36.0 Å². The number of halogens is 2. The fourth-order valence-corrected chi connectivity index (χ4v) is 3.91. The van der Waals surface area contributed by atoms with Gasteiger partial charge in [-0.2, -0.15) is 0 Å². The van der Waals surface area contributed by atoms with E-state index in [1.54, 1.807) is 18.2 Å². The average Bonchev–Trinajstić information content (AvgIpc) is 3.03. The molecule has 0 aromatic heterocycles. The molecule has 2 unspecified atom stereocenters. The third kappa shape index (κ3) is 3.70. The first-order chi connectivity index (χ1) is 12.4. The van der Waals surface area contributed by atoms with Crippen LogP contribution in [-0.2, 0) is 16.0 Å². The number of carbonyl (C=O) groups is 1. The van der Waals surface area contributed by atoms with Gasteiger partial charge in [-0.15, -0.1) is 0 Å². The minimum atomic E-state index is -0.389. The van der Waals surface area contributed by atoms with Crippen molar-refractivity contribution in [2.75, 3.05) is 7.11 Å². The molecular formula is C20H20BrFO4. The molecule has 0 heterocycles. The Morgan fingerprint density at radius 3 is 2.85 bits per heavy atom. The van der Waals surface area contributed by atoms with E-state index in [1.807, 2.05) is 6.92 Å². The monoisotopic (exact) mass is 422 g/mol. The fraction of sp³-hybridized carbons (Fsp3) is 0.350. The van der Waals surface area contributed by atoms with Gasteiger partial charge in [0, 0.05) is 16.1 Å². The number of aromatic hydroxyl groups is 1. The molecule has 0 aliphatic heterocycles. The second-order valence-electron chi connectivity index (χ2n) is 6.47. The molecule has 0 saturated carbocycles. The third-order valence-electron chi connectivity index (χ3n) is 4.74. The number of ether oxygens (including phenoxy) is 2. The number of rotatable bonds is 5. The van der Waals surface area contributed by atoms with Gasteiger partial charge < -0.3 is 14.6 Å². The van der Waals surface area contributed by atoms with Gasteiger partial charge in [-0.3, -0.25) is 4.79 Å². The largest absolute Gasteiger partial charge is 0.508 e. The normalized spacial score (nSPS) is 16.8. The van der Waals surface area contributed by atoms with Gasteiger partial charge in [0.2, 0.25) is 0 Å². The Morgan fingerprint density at radius 2 is 2.15 bits per heavy atom. The van der Waals surface area contributed by atoms with E-state index in [0.29, 0.717) is 23.3 Å². The number of benzene rings is 2. The van der Waals surface area contributed by atoms with Crippen molar-refractivity contribution in [2.24, 2.45) is 0 Å². The number of fused-ring (bicyclic) bond motifs is 1. The molecule has 0 fully saturated rings. The van der Waals surface area contributed by atoms with Crippen molar-refractivity contribution in [1.82, 2.24) is 0 Å². The van der Waals surface area contributed by atoms with Crippen LogP contribution in [0.25, 0.3) is 0 Å². The standard InChI is InChI=1S/C20H20BrFO4/c1-11(9-19(24)25-2)13-4-3-12(10-17(13)23)26-18-8-5-14-15(21)6-7-16(22)20(14)18/h3-4,6-7,10-11,18,23H,5,8-9H2,1-2H3. The zero-order valence-electron chi connectivity index (χ0n) is 14.6. The van der Waals surface area contributed by atoms with Gasteiger partial charge in [0.15, 0.2) is 0 Å². The van der Waals surface area contributed by atoms with E-state index < -0.39 is 0 Å². The van der Waals surface area contributed by atoms with E-state index in [1.165, 1.54) is 19.2 Å². The number of phenolic OH excluding ortho intramolecular Hbond substituents is 1. The van der Waals surface area contributed by atoms with Crippen molar-refractivity contribution in [3.05, 3.63) is 57.3 Å². The predicted molar refractivity (Wildman–Crippen MR) is 98.9 cm³/mol. The Balaban J connectivity index is 1.78. The first kappa shape index (κ1) is 18.7. The van der Waals surface area contributed by atoms with Crippen LogP contribution < -0.4 is 4.74 Å². The first-order valence-corrected chi connectivity index (χ1v) is 9.23. The summed E-state index contributed by atoms with van der Waals surface area (Å²) in [6.45, 7) is 1.84. The van der Waals surface area contributed by atoms with Crippen LogP contribution in [-0.4, -0.2) is 18.2 Å². The number of phenols is 1. The summed E-state index contributed by atoms with van der Waals surface area (Å²) < 4.78 is 25.7. The highest BCUT2D eigenvalue weighted by atomic mass is 79.9. The van der Waals surface area contributed by atoms with Crippen molar-refractivity contribution in [2.45, 2.75) is 38.2 Å². The van der Waals surface area contributed by atoms with Gasteiger partial charge in [-0.1, -0.05) is 28.9 Å². The number of methoxy groups -OCH3 is 1. The van der Waals surface area contributed by atoms with E-state index >= 15 is 0 Å². The lowest BCUT2D eigenvalue weighted by molar-refractivity contribution is -0.140. The zero-order chi connectivity index (χ0) is 18.8. The van der Waals surface area contributed by atoms with E-state index in [2.05, 4.69) is 20.7 Å². The molecular weight excluding hydrogens is 403 g/mol. The lowest BCUT2D eigenvalue weighted by atomic mass is 9.97. The van der Waals surface area contributed by atoms with Crippen LogP contribution in [0.2, 0.25) is 0 Å². The van der Waals surface area contributed by atoms with Gasteiger partial charge >= 0.3 is 5.97 Å². The molecule has 0 spiro atoms. The third-order valence-corrected chi connectivity index (χ3v) is 5.48. The van der Waals surface area contributed by atoms with Crippen molar-refractivity contribution in [1.29, 1.82) is 0 Å². The lowest BCUT2D eigenvalue weighted by Gasteiger charge is -2.18. The second-order valence-corrected chi connectivity index (χ2v) is 7.32. The Hall–Kier alpha value is -2.08. The highest BCUT2D eigenvalue weighted by Crippen LogP contribution is 2.41. The van der Waals surface area contributed by atoms with Crippen LogP contribution in [0.4, 0.5) is 4.39 Å². The number of carbonyl (C=O) groups excluding carboxylic acids is 1. The summed E-state index contributed by atoms with van der Waals surface area (Å²) >= 11 is 3.46. The molecule has 1 aliphatic carbocycles. The topological polar surface area (TPSA) is 55.8 Å². The van der Waals surface area contributed by atoms with E-state index in [4.69, 9.17) is 4.74 Å². The maximum Gasteiger partial charge on any atom is 0.306 e. The summed E-state index contributed by atoms with van der Waals surface area (Å²) in [6, 6.07) is 8.11. The fourth-order valence-electron chi connectivity index (χ4n) is 3.37. The van der Waals surface area contributed by atoms with Gasteiger partial charge in [0.1, 0.15) is 23.4 Å². The summed E-state index contributed by atoms with van der Waals surface area (Å²) in [6.07, 6.45) is 1.20. The zero-order valence-corrected chi connectivity index (χ0v) is 16.2. The smallest absolute Gasteiger partial charge is 0.306 e. The minimum absolute atomic E-state index is 0.0480. The molecule has 0 saturated heterocycles. The Bertz CT molecular complexity index is 837. The van der Waals surface area contributed by atoms with Gasteiger partial charge in [0.05, 0.1) is 13.5 Å². The summed E-state index contributed by atoms with van der Waals surface area (Å²) in [7, 11) is 1.34. The summed E-state index contributed by atoms with van der Waals surface area (Å²) in [5, 5.41) is 10.3. The summed E-state index contributed by atoms with van der Waals surface area (Å²) in [4.78, 5) is 11.4. The maximum absolute atomic E-state index is 14.2. The number of esters is 1. The van der Waals surface area contributed by atoms with Crippen LogP contribution in [0.3, 0.4) is 0 Å². The summed E-state index contributed by atoms with van der Waals surface area (Å²) in [5.41, 5.74) is 2.15. The lowest BCUT2D eigenvalue weighted by Crippen LogP contribution is -2.07. The highest BCUT2D eigenvalue weighted by Gasteiger charge is 2.29. The Labute approximate surface area is 160 Å². The van der Waals surface area contributed by atoms with E-state index in [9.17, 15) is 14.3 Å². The number of hydrogen-bond donors (Lipinski definition) is 1. The molecule has 0 amide bonds. The molecule has 138 valence electrons. The Morgan fingerprint density at radius 1 is 1.38 bits per heavy atom. The molecule has 4 nitrogen and oxygen atoms in total. The Kier molecular flexibility index (Phi) is 5.51. The van der Waals surface area contributed by atoms with Crippen molar-refractivity contribution >= 4 is 21.9 Å². The molecule has 3 rings (SSSR count). The van der Waals surface area contributed by atoms with Crippen LogP contribution in [0.1, 0.15) is 48.5 Å². The highest BCUT2D eigenvalue weighted by molar-refractivity contribution is 9.10. The quantitative estimate of drug-likeness (QED) is 0.686. The average molecular weight is 423 g/mol. The molecule has 2 atom stereocenters. The molecule has 6 heteroatoms. The van der Waals surface area contributed by atoms with Crippen LogP contribution in [0.5, 0.6) is 11.5 Å². The SMILES string of the molecule is COC(=O)CC(C)c1ccc(OC2CCc3c(Br)ccc(F)c32)cc1O. The molecule has 2 aromatic rings. The molecule has 26 heavy (non-hydrogen) atoms. The van der Waals surface area contributed by atoms with Crippen molar-refractivity contribution < 1.29 is 23.8 Å². The predicted octanol–water partition coefficient (Wildman–Crippen LogP) is 5.03. The van der Waals surface area contributed by atoms with Gasteiger partial charge in [-0.05, 0) is 48.1 Å². The molecule has 2 aromatic carbocycles. The summed E-state index contributed by atoms with van der Waals surface area (Å²) in [5.74, 6) is -0.281. The molecule has 1 aliphatic rings. The molecule has 1 N–H and O–H groups in total. The maximum atomic E-state index is 14.2. The first-order valence-electron chi connectivity index (χ1n) is 8.43. The van der Waals surface area contributed by atoms with Crippen molar-refractivity contribution in [3.63, 3.8) is 0 Å². The molecule has 0 radical (unpaired) electrons. The van der Waals surface area contributed by atoms with Crippen LogP contribution in [0, 0.1) is 5.82 Å². The van der Waals surface area contributed by atoms with Crippen LogP contribution >= 0.6 is 15.9 Å². The van der Waals surface area contributed by atoms with Crippen LogP contribution in [0.15, 0.2) is 34.8 Å². The van der Waals surface area contributed by atoms with E-state index in [0.717, 1.165) is 16.5 Å².